The number of likely N-dealkylation sites (tertiary alicyclic amines) is 1. The number of anilines is 1. The topological polar surface area (TPSA) is 136 Å². The molecular weight excluding hydrogens is 711 g/mol. The second kappa shape index (κ2) is 14.1. The normalized spacial score (nSPS) is 23.5. The summed E-state index contributed by atoms with van der Waals surface area (Å²) >= 11 is 6.16. The van der Waals surface area contributed by atoms with E-state index in [1.165, 1.54) is 18.9 Å². The summed E-state index contributed by atoms with van der Waals surface area (Å²) in [6, 6.07) is 8.44. The summed E-state index contributed by atoms with van der Waals surface area (Å²) in [4.78, 5) is 56.9. The Balaban J connectivity index is 0.976. The molecule has 4 N–H and O–H groups in total. The Morgan fingerprint density at radius 2 is 1.70 bits per heavy atom. The predicted octanol–water partition coefficient (Wildman–Crippen LogP) is 4.33. The van der Waals surface area contributed by atoms with Crippen molar-refractivity contribution in [2.75, 3.05) is 64.6 Å². The van der Waals surface area contributed by atoms with Crippen molar-refractivity contribution >= 4 is 51.2 Å². The molecule has 16 heteroatoms. The number of aromatic amines is 1. The van der Waals surface area contributed by atoms with Crippen molar-refractivity contribution in [1.29, 1.82) is 0 Å². The van der Waals surface area contributed by atoms with Crippen LogP contribution >= 0.6 is 11.6 Å². The molecule has 53 heavy (non-hydrogen) atoms. The molecule has 2 bridgehead atoms. The van der Waals surface area contributed by atoms with E-state index in [1.807, 2.05) is 24.3 Å². The number of piperidine rings is 4. The summed E-state index contributed by atoms with van der Waals surface area (Å²) in [5.41, 5.74) is 6.09. The molecule has 9 rings (SSSR count). The molecule has 2 atom stereocenters. The van der Waals surface area contributed by atoms with Gasteiger partial charge in [-0.2, -0.15) is 13.2 Å². The number of nitrogen functional groups attached to an aromatic ring is 1. The molecule has 12 nitrogen and oxygen atoms in total. The number of piperazine rings is 1. The molecule has 2 aromatic heterocycles. The van der Waals surface area contributed by atoms with Gasteiger partial charge in [0, 0.05) is 69.7 Å². The lowest BCUT2D eigenvalue weighted by Crippen LogP contribution is -2.63. The molecule has 5 fully saturated rings. The maximum atomic E-state index is 14.2. The SMILES string of the molecule is Nc1c(Cl)cc(C[C@@H](NC(=O)N2CCC(n3c(=O)[nH]c4c5ccccc5ncc43)CC2)C(=O)N2CCN(C3CN4CCC3CC4)CC2)cc1C(F)(F)F. The molecule has 0 spiro atoms. The van der Waals surface area contributed by atoms with Gasteiger partial charge in [0.05, 0.1) is 39.0 Å². The number of rotatable bonds is 6. The maximum Gasteiger partial charge on any atom is 0.418 e. The minimum absolute atomic E-state index is 0.139. The highest BCUT2D eigenvalue weighted by Gasteiger charge is 2.40. The lowest BCUT2D eigenvalue weighted by molar-refractivity contribution is -0.137. The molecule has 3 amide bonds. The fourth-order valence-electron chi connectivity index (χ4n) is 8.96. The number of H-pyrrole nitrogens is 1. The van der Waals surface area contributed by atoms with E-state index in [2.05, 4.69) is 25.1 Å². The van der Waals surface area contributed by atoms with Crippen molar-refractivity contribution in [3.8, 4) is 0 Å². The molecule has 1 unspecified atom stereocenters. The number of hydrogen-bond acceptors (Lipinski definition) is 7. The molecule has 5 aliphatic rings. The monoisotopic (exact) mass is 753 g/mol. The molecule has 282 valence electrons. The van der Waals surface area contributed by atoms with Crippen LogP contribution in [0.5, 0.6) is 0 Å². The number of halogens is 4. The number of pyridine rings is 1. The minimum atomic E-state index is -4.75. The first-order valence-electron chi connectivity index (χ1n) is 18.4. The average molecular weight is 754 g/mol. The number of para-hydroxylation sites is 1. The standard InChI is InChI=1S/C37H43ClF3N9O3/c38-27-18-22(17-26(32(27)42)37(39,40)41)19-29(34(51)48-15-13-47(14-16-48)31-21-46-9-5-23(31)6-10-46)44-35(52)49-11-7-24(8-12-49)50-30-20-43-28-4-2-1-3-25(28)33(30)45-36(50)53/h1-4,17-18,20,23-24,29,31H,5-16,19,21,42H2,(H,44,52)(H,45,53)/t29-,31?/m1/s1. The number of fused-ring (bicyclic) bond motifs is 6. The van der Waals surface area contributed by atoms with Gasteiger partial charge in [0.15, 0.2) is 0 Å². The van der Waals surface area contributed by atoms with Gasteiger partial charge in [-0.05, 0) is 68.5 Å². The zero-order chi connectivity index (χ0) is 37.0. The Morgan fingerprint density at radius 3 is 2.38 bits per heavy atom. The van der Waals surface area contributed by atoms with Gasteiger partial charge in [0.2, 0.25) is 5.91 Å². The van der Waals surface area contributed by atoms with Crippen LogP contribution in [-0.2, 0) is 17.4 Å². The predicted molar refractivity (Wildman–Crippen MR) is 196 cm³/mol. The third-order valence-electron chi connectivity index (χ3n) is 11.8. The molecule has 5 saturated heterocycles. The van der Waals surface area contributed by atoms with Crippen LogP contribution in [0.4, 0.5) is 23.7 Å². The van der Waals surface area contributed by atoms with Gasteiger partial charge in [-0.1, -0.05) is 29.8 Å². The first kappa shape index (κ1) is 35.7. The number of aromatic nitrogens is 3. The lowest BCUT2D eigenvalue weighted by Gasteiger charge is -2.51. The summed E-state index contributed by atoms with van der Waals surface area (Å²) < 4.78 is 43.4. The van der Waals surface area contributed by atoms with E-state index < -0.39 is 29.5 Å². The van der Waals surface area contributed by atoms with E-state index in [0.717, 1.165) is 36.6 Å². The van der Waals surface area contributed by atoms with Crippen molar-refractivity contribution in [2.24, 2.45) is 5.92 Å². The fourth-order valence-corrected chi connectivity index (χ4v) is 9.20. The summed E-state index contributed by atoms with van der Waals surface area (Å²) in [5, 5.41) is 3.45. The first-order chi connectivity index (χ1) is 25.4. The quantitative estimate of drug-likeness (QED) is 0.250. The highest BCUT2D eigenvalue weighted by atomic mass is 35.5. The van der Waals surface area contributed by atoms with Crippen molar-refractivity contribution in [3.63, 3.8) is 0 Å². The molecule has 2 aromatic carbocycles. The highest BCUT2D eigenvalue weighted by Crippen LogP contribution is 2.38. The number of carbonyl (C=O) groups excluding carboxylic acids is 2. The van der Waals surface area contributed by atoms with Gasteiger partial charge in [-0.3, -0.25) is 19.2 Å². The van der Waals surface area contributed by atoms with E-state index in [4.69, 9.17) is 17.3 Å². The third kappa shape index (κ3) is 6.94. The van der Waals surface area contributed by atoms with Crippen LogP contribution in [0.15, 0.2) is 47.4 Å². The van der Waals surface area contributed by atoms with Gasteiger partial charge in [-0.25, -0.2) is 9.59 Å². The maximum absolute atomic E-state index is 14.2. The Hall–Kier alpha value is -4.34. The van der Waals surface area contributed by atoms with Crippen LogP contribution < -0.4 is 16.7 Å². The molecule has 0 saturated carbocycles. The van der Waals surface area contributed by atoms with E-state index in [0.29, 0.717) is 75.1 Å². The number of nitrogens with two attached hydrogens (primary N) is 1. The smallest absolute Gasteiger partial charge is 0.397 e. The first-order valence-corrected chi connectivity index (χ1v) is 18.8. The van der Waals surface area contributed by atoms with E-state index in [9.17, 15) is 27.6 Å². The number of imidazole rings is 1. The van der Waals surface area contributed by atoms with Crippen LogP contribution in [0.25, 0.3) is 21.9 Å². The van der Waals surface area contributed by atoms with Gasteiger partial charge >= 0.3 is 17.9 Å². The van der Waals surface area contributed by atoms with Crippen LogP contribution in [0.2, 0.25) is 5.02 Å². The van der Waals surface area contributed by atoms with Crippen LogP contribution in [0.1, 0.15) is 42.9 Å². The summed E-state index contributed by atoms with van der Waals surface area (Å²) in [6.07, 6.45) is 0.0766. The Morgan fingerprint density at radius 1 is 0.981 bits per heavy atom. The number of nitrogens with zero attached hydrogens (tertiary/aromatic N) is 6. The third-order valence-corrected chi connectivity index (χ3v) is 12.1. The van der Waals surface area contributed by atoms with Crippen LogP contribution in [-0.4, -0.2) is 117 Å². The Labute approximate surface area is 309 Å². The molecule has 0 aliphatic carbocycles. The van der Waals surface area contributed by atoms with E-state index in [-0.39, 0.29) is 34.6 Å². The number of carbonyl (C=O) groups is 2. The van der Waals surface area contributed by atoms with Crippen molar-refractivity contribution in [2.45, 2.75) is 56.4 Å². The molecule has 7 heterocycles. The van der Waals surface area contributed by atoms with Gasteiger partial charge in [0.1, 0.15) is 6.04 Å². The number of alkyl halides is 3. The largest absolute Gasteiger partial charge is 0.418 e. The minimum Gasteiger partial charge on any atom is -0.397 e. The number of nitrogens with one attached hydrogen (secondary N) is 2. The number of amides is 3. The molecular formula is C37H43ClF3N9O3. The second-order valence-electron chi connectivity index (χ2n) is 14.9. The van der Waals surface area contributed by atoms with Crippen LogP contribution in [0.3, 0.4) is 0 Å². The molecule has 5 aliphatic heterocycles. The van der Waals surface area contributed by atoms with Crippen molar-refractivity contribution in [3.05, 3.63) is 69.2 Å². The van der Waals surface area contributed by atoms with E-state index >= 15 is 0 Å². The zero-order valence-electron chi connectivity index (χ0n) is 29.2. The van der Waals surface area contributed by atoms with Crippen LogP contribution in [0, 0.1) is 5.92 Å². The highest BCUT2D eigenvalue weighted by molar-refractivity contribution is 6.33. The zero-order valence-corrected chi connectivity index (χ0v) is 30.0. The number of hydrogen-bond donors (Lipinski definition) is 3. The van der Waals surface area contributed by atoms with Gasteiger partial charge in [0.25, 0.3) is 0 Å². The Kier molecular flexibility index (Phi) is 9.52. The summed E-state index contributed by atoms with van der Waals surface area (Å²) in [5.74, 6) is 0.302. The van der Waals surface area contributed by atoms with E-state index in [1.54, 1.807) is 20.6 Å². The summed E-state index contributed by atoms with van der Waals surface area (Å²) in [7, 11) is 0. The second-order valence-corrected chi connectivity index (χ2v) is 15.3. The number of benzene rings is 2. The molecule has 4 aromatic rings. The number of urea groups is 1. The average Bonchev–Trinajstić information content (AvgIpc) is 3.51. The van der Waals surface area contributed by atoms with Crippen molar-refractivity contribution in [1.82, 2.24) is 39.5 Å². The summed E-state index contributed by atoms with van der Waals surface area (Å²) in [6.45, 7) is 6.23. The molecule has 0 radical (unpaired) electrons. The van der Waals surface area contributed by atoms with Gasteiger partial charge in [-0.15, -0.1) is 0 Å². The lowest BCUT2D eigenvalue weighted by atomic mass is 9.83. The Bertz CT molecular complexity index is 2080. The van der Waals surface area contributed by atoms with Gasteiger partial charge < -0.3 is 30.7 Å². The van der Waals surface area contributed by atoms with Crippen molar-refractivity contribution < 1.29 is 22.8 Å². The fraction of sp³-hybridized carbons (Fsp3) is 0.514.